The van der Waals surface area contributed by atoms with Crippen molar-refractivity contribution in [1.82, 2.24) is 15.5 Å². The van der Waals surface area contributed by atoms with Gasteiger partial charge in [-0.15, -0.1) is 0 Å². The molecule has 2 aromatic rings. The fraction of sp³-hybridized carbons (Fsp3) is 0.400. The molecule has 0 saturated carbocycles. The zero-order valence-electron chi connectivity index (χ0n) is 14.2. The first-order chi connectivity index (χ1) is 11.8. The van der Waals surface area contributed by atoms with E-state index in [2.05, 4.69) is 15.5 Å². The summed E-state index contributed by atoms with van der Waals surface area (Å²) < 4.78 is 35.1. The molecule has 1 heterocycles. The highest BCUT2D eigenvalue weighted by Crippen LogP contribution is 2.20. The average molecular weight is 368 g/mol. The van der Waals surface area contributed by atoms with E-state index in [9.17, 15) is 13.2 Å². The van der Waals surface area contributed by atoms with E-state index >= 15 is 0 Å². The normalized spacial score (nSPS) is 12.6. The second-order valence-corrected chi connectivity index (χ2v) is 7.18. The lowest BCUT2D eigenvalue weighted by Gasteiger charge is -2.28. The zero-order valence-corrected chi connectivity index (χ0v) is 15.0. The van der Waals surface area contributed by atoms with E-state index in [0.717, 1.165) is 10.6 Å². The number of methoxy groups -OCH3 is 1. The minimum absolute atomic E-state index is 0.00766. The molecule has 136 valence electrons. The maximum Gasteiger partial charge on any atom is 0.246 e. The number of benzene rings is 1. The van der Waals surface area contributed by atoms with Crippen LogP contribution in [0.1, 0.15) is 18.6 Å². The molecule has 25 heavy (non-hydrogen) atoms. The van der Waals surface area contributed by atoms with Crippen LogP contribution in [0, 0.1) is 0 Å². The lowest BCUT2D eigenvalue weighted by molar-refractivity contribution is -0.122. The number of hydrogen-bond donors (Lipinski definition) is 1. The van der Waals surface area contributed by atoms with E-state index in [1.165, 1.54) is 14.0 Å². The molecule has 1 aromatic heterocycles. The van der Waals surface area contributed by atoms with Crippen molar-refractivity contribution in [2.45, 2.75) is 26.1 Å². The standard InChI is InChI=1S/C15H20N4O5S/c1-11(19(25(3,21)22)12-7-5-4-6-8-12)15(20)16-9-14-17-13(10-23-2)18-24-14/h4-8,11H,9-10H2,1-3H3,(H,16,20). The molecule has 0 aliphatic heterocycles. The first-order valence-corrected chi connectivity index (χ1v) is 9.30. The summed E-state index contributed by atoms with van der Waals surface area (Å²) in [5.74, 6) is 0.0841. The number of carbonyl (C=O) groups is 1. The third kappa shape index (κ3) is 5.00. The summed E-state index contributed by atoms with van der Waals surface area (Å²) in [6.45, 7) is 1.70. The summed E-state index contributed by atoms with van der Waals surface area (Å²) in [5.41, 5.74) is 0.410. The maximum absolute atomic E-state index is 12.4. The van der Waals surface area contributed by atoms with Crippen molar-refractivity contribution in [2.75, 3.05) is 17.7 Å². The van der Waals surface area contributed by atoms with Crippen molar-refractivity contribution in [3.05, 3.63) is 42.0 Å². The van der Waals surface area contributed by atoms with Gasteiger partial charge in [-0.05, 0) is 19.1 Å². The van der Waals surface area contributed by atoms with Crippen molar-refractivity contribution in [3.63, 3.8) is 0 Å². The van der Waals surface area contributed by atoms with Gasteiger partial charge < -0.3 is 14.6 Å². The van der Waals surface area contributed by atoms with Crippen LogP contribution in [0.3, 0.4) is 0 Å². The molecule has 1 atom stereocenters. The fourth-order valence-corrected chi connectivity index (χ4v) is 3.42. The van der Waals surface area contributed by atoms with Crippen LogP contribution in [0.2, 0.25) is 0 Å². The number of carbonyl (C=O) groups excluding carboxylic acids is 1. The van der Waals surface area contributed by atoms with Gasteiger partial charge in [0.2, 0.25) is 21.8 Å². The van der Waals surface area contributed by atoms with Gasteiger partial charge in [-0.25, -0.2) is 8.42 Å². The molecule has 10 heteroatoms. The molecule has 0 spiro atoms. The molecule has 0 radical (unpaired) electrons. The Balaban J connectivity index is 2.08. The topological polar surface area (TPSA) is 115 Å². The smallest absolute Gasteiger partial charge is 0.246 e. The van der Waals surface area contributed by atoms with E-state index < -0.39 is 22.0 Å². The minimum Gasteiger partial charge on any atom is -0.377 e. The first kappa shape index (κ1) is 18.9. The molecule has 0 fully saturated rings. The van der Waals surface area contributed by atoms with E-state index in [1.54, 1.807) is 30.3 Å². The first-order valence-electron chi connectivity index (χ1n) is 7.45. The summed E-state index contributed by atoms with van der Waals surface area (Å²) in [6.07, 6.45) is 1.05. The van der Waals surface area contributed by atoms with Crippen LogP contribution in [0.4, 0.5) is 5.69 Å². The van der Waals surface area contributed by atoms with Gasteiger partial charge >= 0.3 is 0 Å². The lowest BCUT2D eigenvalue weighted by Crippen LogP contribution is -2.47. The molecular weight excluding hydrogens is 348 g/mol. The summed E-state index contributed by atoms with van der Waals surface area (Å²) in [7, 11) is -2.14. The Morgan fingerprint density at radius 3 is 2.64 bits per heavy atom. The van der Waals surface area contributed by atoms with Gasteiger partial charge in [-0.2, -0.15) is 4.98 Å². The second kappa shape index (κ2) is 8.08. The van der Waals surface area contributed by atoms with Crippen LogP contribution >= 0.6 is 0 Å². The number of nitrogens with one attached hydrogen (secondary N) is 1. The van der Waals surface area contributed by atoms with Crippen molar-refractivity contribution < 1.29 is 22.5 Å². The summed E-state index contributed by atoms with van der Waals surface area (Å²) in [4.78, 5) is 16.4. The molecule has 9 nitrogen and oxygen atoms in total. The molecule has 1 amide bonds. The maximum atomic E-state index is 12.4. The zero-order chi connectivity index (χ0) is 18.4. The second-order valence-electron chi connectivity index (χ2n) is 5.33. The monoisotopic (exact) mass is 368 g/mol. The number of ether oxygens (including phenoxy) is 1. The SMILES string of the molecule is COCc1noc(CNC(=O)C(C)N(c2ccccc2)S(C)(=O)=O)n1. The van der Waals surface area contributed by atoms with Gasteiger partial charge in [-0.3, -0.25) is 9.10 Å². The van der Waals surface area contributed by atoms with Gasteiger partial charge in [0.05, 0.1) is 18.5 Å². The minimum atomic E-state index is -3.64. The molecule has 2 rings (SSSR count). The molecule has 1 aromatic carbocycles. The number of nitrogens with zero attached hydrogens (tertiary/aromatic N) is 3. The largest absolute Gasteiger partial charge is 0.377 e. The number of amides is 1. The Kier molecular flexibility index (Phi) is 6.10. The highest BCUT2D eigenvalue weighted by atomic mass is 32.2. The molecular formula is C15H20N4O5S. The molecule has 0 aliphatic carbocycles. The van der Waals surface area contributed by atoms with Gasteiger partial charge in [0.15, 0.2) is 5.82 Å². The predicted octanol–water partition coefficient (Wildman–Crippen LogP) is 0.687. The van der Waals surface area contributed by atoms with Crippen LogP contribution in [0.25, 0.3) is 0 Å². The van der Waals surface area contributed by atoms with Gasteiger partial charge in [-0.1, -0.05) is 23.4 Å². The Labute approximate surface area is 146 Å². The highest BCUT2D eigenvalue weighted by Gasteiger charge is 2.29. The van der Waals surface area contributed by atoms with Crippen LogP contribution in [-0.4, -0.2) is 43.9 Å². The summed E-state index contributed by atoms with van der Waals surface area (Å²) in [5, 5.41) is 6.28. The average Bonchev–Trinajstić information content (AvgIpc) is 3.00. The number of anilines is 1. The Hall–Kier alpha value is -2.46. The number of rotatable bonds is 8. The Bertz CT molecular complexity index is 806. The van der Waals surface area contributed by atoms with E-state index in [4.69, 9.17) is 9.26 Å². The molecule has 0 bridgehead atoms. The Morgan fingerprint density at radius 1 is 1.36 bits per heavy atom. The number of para-hydroxylation sites is 1. The van der Waals surface area contributed by atoms with Crippen molar-refractivity contribution in [1.29, 1.82) is 0 Å². The van der Waals surface area contributed by atoms with Crippen LogP contribution in [0.5, 0.6) is 0 Å². The number of hydrogen-bond acceptors (Lipinski definition) is 7. The van der Waals surface area contributed by atoms with E-state index in [0.29, 0.717) is 11.5 Å². The van der Waals surface area contributed by atoms with Crippen molar-refractivity contribution >= 4 is 21.6 Å². The molecule has 1 unspecified atom stereocenters. The van der Waals surface area contributed by atoms with Gasteiger partial charge in [0.25, 0.3) is 0 Å². The quantitative estimate of drug-likeness (QED) is 0.729. The summed E-state index contributed by atoms with van der Waals surface area (Å²) >= 11 is 0. The summed E-state index contributed by atoms with van der Waals surface area (Å²) in [6, 6.07) is 7.47. The van der Waals surface area contributed by atoms with E-state index in [-0.39, 0.29) is 19.0 Å². The van der Waals surface area contributed by atoms with Crippen LogP contribution in [0.15, 0.2) is 34.9 Å². The van der Waals surface area contributed by atoms with Crippen LogP contribution < -0.4 is 9.62 Å². The van der Waals surface area contributed by atoms with Crippen LogP contribution in [-0.2, 0) is 32.7 Å². The van der Waals surface area contributed by atoms with E-state index in [1.807, 2.05) is 0 Å². The predicted molar refractivity (Wildman–Crippen MR) is 90.1 cm³/mol. The highest BCUT2D eigenvalue weighted by molar-refractivity contribution is 7.92. The van der Waals surface area contributed by atoms with Crippen molar-refractivity contribution in [2.24, 2.45) is 0 Å². The molecule has 0 aliphatic rings. The third-order valence-corrected chi connectivity index (χ3v) is 4.54. The number of aromatic nitrogens is 2. The van der Waals surface area contributed by atoms with Gasteiger partial charge in [0, 0.05) is 7.11 Å². The third-order valence-electron chi connectivity index (χ3n) is 3.30. The molecule has 0 saturated heterocycles. The number of sulfonamides is 1. The fourth-order valence-electron chi connectivity index (χ4n) is 2.24. The Morgan fingerprint density at radius 2 is 2.04 bits per heavy atom. The lowest BCUT2D eigenvalue weighted by atomic mass is 10.2. The van der Waals surface area contributed by atoms with Gasteiger partial charge in [0.1, 0.15) is 12.6 Å². The molecule has 1 N–H and O–H groups in total. The van der Waals surface area contributed by atoms with Crippen molar-refractivity contribution in [3.8, 4) is 0 Å².